The van der Waals surface area contributed by atoms with Crippen molar-refractivity contribution < 1.29 is 23.8 Å². The lowest BCUT2D eigenvalue weighted by atomic mass is 10.2. The fraction of sp³-hybridized carbons (Fsp3) is 0.0714. The first kappa shape index (κ1) is 14.4. The summed E-state index contributed by atoms with van der Waals surface area (Å²) in [6, 6.07) is 8.26. The van der Waals surface area contributed by atoms with E-state index in [-0.39, 0.29) is 23.6 Å². The number of aromatic carboxylic acids is 1. The molecule has 0 aliphatic carbocycles. The second-order valence-corrected chi connectivity index (χ2v) is 4.09. The standard InChI is InChI=1S/C14H11FN2O4/c15-9-4-2-6-11(12(9)13(16)18)21-7-8-3-1-5-10(17-8)14(19)20/h1-6H,7H2,(H2,16,18)(H,19,20). The average molecular weight is 290 g/mol. The van der Waals surface area contributed by atoms with Gasteiger partial charge in [-0.15, -0.1) is 0 Å². The molecule has 1 aromatic heterocycles. The highest BCUT2D eigenvalue weighted by molar-refractivity contribution is 5.95. The normalized spacial score (nSPS) is 10.1. The van der Waals surface area contributed by atoms with E-state index in [4.69, 9.17) is 15.6 Å². The third kappa shape index (κ3) is 3.33. The molecule has 3 N–H and O–H groups in total. The molecule has 0 aliphatic rings. The van der Waals surface area contributed by atoms with E-state index < -0.39 is 17.7 Å². The van der Waals surface area contributed by atoms with Gasteiger partial charge in [0.1, 0.15) is 29.4 Å². The van der Waals surface area contributed by atoms with Crippen LogP contribution in [0.1, 0.15) is 26.5 Å². The van der Waals surface area contributed by atoms with Gasteiger partial charge in [-0.05, 0) is 24.3 Å². The van der Waals surface area contributed by atoms with E-state index in [9.17, 15) is 14.0 Å². The quantitative estimate of drug-likeness (QED) is 0.870. The molecule has 0 fully saturated rings. The van der Waals surface area contributed by atoms with Crippen molar-refractivity contribution in [3.8, 4) is 5.75 Å². The zero-order chi connectivity index (χ0) is 15.4. The Bertz CT molecular complexity index is 703. The summed E-state index contributed by atoms with van der Waals surface area (Å²) in [7, 11) is 0. The molecule has 1 aromatic carbocycles. The van der Waals surface area contributed by atoms with Crippen LogP contribution in [0.15, 0.2) is 36.4 Å². The molecule has 21 heavy (non-hydrogen) atoms. The van der Waals surface area contributed by atoms with Gasteiger partial charge in [0.05, 0.1) is 5.69 Å². The van der Waals surface area contributed by atoms with Crippen molar-refractivity contribution in [2.75, 3.05) is 0 Å². The van der Waals surface area contributed by atoms with Gasteiger partial charge < -0.3 is 15.6 Å². The van der Waals surface area contributed by atoms with E-state index in [1.807, 2.05) is 0 Å². The molecule has 1 heterocycles. The van der Waals surface area contributed by atoms with Crippen LogP contribution in [-0.4, -0.2) is 22.0 Å². The molecule has 1 amide bonds. The number of carboxylic acid groups (broad SMARTS) is 1. The smallest absolute Gasteiger partial charge is 0.354 e. The lowest BCUT2D eigenvalue weighted by Gasteiger charge is -2.10. The molecule has 0 unspecified atom stereocenters. The Balaban J connectivity index is 2.21. The number of amides is 1. The van der Waals surface area contributed by atoms with Crippen LogP contribution in [0.25, 0.3) is 0 Å². The minimum absolute atomic E-state index is 0.0231. The molecule has 108 valence electrons. The van der Waals surface area contributed by atoms with Crippen LogP contribution in [0.2, 0.25) is 0 Å². The van der Waals surface area contributed by atoms with Crippen molar-refractivity contribution in [3.05, 3.63) is 59.2 Å². The van der Waals surface area contributed by atoms with Crippen molar-refractivity contribution in [1.82, 2.24) is 4.98 Å². The number of carbonyl (C=O) groups excluding carboxylic acids is 1. The highest BCUT2D eigenvalue weighted by atomic mass is 19.1. The zero-order valence-corrected chi connectivity index (χ0v) is 10.7. The van der Waals surface area contributed by atoms with Crippen molar-refractivity contribution >= 4 is 11.9 Å². The summed E-state index contributed by atoms with van der Waals surface area (Å²) >= 11 is 0. The maximum Gasteiger partial charge on any atom is 0.354 e. The molecule has 0 atom stereocenters. The van der Waals surface area contributed by atoms with Gasteiger partial charge in [-0.3, -0.25) is 4.79 Å². The van der Waals surface area contributed by atoms with Gasteiger partial charge in [-0.2, -0.15) is 0 Å². The first-order chi connectivity index (χ1) is 9.99. The van der Waals surface area contributed by atoms with E-state index in [0.29, 0.717) is 5.69 Å². The molecule has 6 nitrogen and oxygen atoms in total. The van der Waals surface area contributed by atoms with Gasteiger partial charge in [0.15, 0.2) is 0 Å². The van der Waals surface area contributed by atoms with E-state index in [0.717, 1.165) is 6.07 Å². The fourth-order valence-electron chi connectivity index (χ4n) is 1.69. The third-order valence-electron chi connectivity index (χ3n) is 2.62. The van der Waals surface area contributed by atoms with Crippen LogP contribution in [0, 0.1) is 5.82 Å². The highest BCUT2D eigenvalue weighted by Gasteiger charge is 2.15. The van der Waals surface area contributed by atoms with Crippen LogP contribution in [0.5, 0.6) is 5.75 Å². The summed E-state index contributed by atoms with van der Waals surface area (Å²) in [6.45, 7) is -0.120. The Morgan fingerprint density at radius 1 is 1.24 bits per heavy atom. The van der Waals surface area contributed by atoms with Gasteiger partial charge in [0.2, 0.25) is 0 Å². The number of hydrogen-bond acceptors (Lipinski definition) is 4. The van der Waals surface area contributed by atoms with Gasteiger partial charge in [-0.1, -0.05) is 12.1 Å². The Morgan fingerprint density at radius 3 is 2.62 bits per heavy atom. The number of hydrogen-bond donors (Lipinski definition) is 2. The molecule has 0 saturated carbocycles. The number of carbonyl (C=O) groups is 2. The van der Waals surface area contributed by atoms with Gasteiger partial charge in [-0.25, -0.2) is 14.2 Å². The number of ether oxygens (including phenoxy) is 1. The summed E-state index contributed by atoms with van der Waals surface area (Å²) in [5.74, 6) is -2.92. The highest BCUT2D eigenvalue weighted by Crippen LogP contribution is 2.21. The number of primary amides is 1. The first-order valence-corrected chi connectivity index (χ1v) is 5.89. The number of benzene rings is 1. The Morgan fingerprint density at radius 2 is 1.95 bits per heavy atom. The first-order valence-electron chi connectivity index (χ1n) is 5.89. The minimum Gasteiger partial charge on any atom is -0.486 e. The number of rotatable bonds is 5. The molecule has 7 heteroatoms. The number of carboxylic acids is 1. The van der Waals surface area contributed by atoms with Crippen LogP contribution >= 0.6 is 0 Å². The summed E-state index contributed by atoms with van der Waals surface area (Å²) in [4.78, 5) is 25.9. The minimum atomic E-state index is -1.17. The predicted molar refractivity (Wildman–Crippen MR) is 70.4 cm³/mol. The van der Waals surface area contributed by atoms with Crippen molar-refractivity contribution in [2.24, 2.45) is 5.73 Å². The van der Waals surface area contributed by atoms with Crippen LogP contribution in [0.3, 0.4) is 0 Å². The number of nitrogens with zero attached hydrogens (tertiary/aromatic N) is 1. The maximum atomic E-state index is 13.5. The lowest BCUT2D eigenvalue weighted by Crippen LogP contribution is -2.15. The SMILES string of the molecule is NC(=O)c1c(F)cccc1OCc1cccc(C(=O)O)n1. The molecule has 0 aliphatic heterocycles. The van der Waals surface area contributed by atoms with E-state index in [1.54, 1.807) is 6.07 Å². The number of pyridine rings is 1. The third-order valence-corrected chi connectivity index (χ3v) is 2.62. The van der Waals surface area contributed by atoms with Gasteiger partial charge in [0, 0.05) is 0 Å². The second kappa shape index (κ2) is 6.00. The monoisotopic (exact) mass is 290 g/mol. The largest absolute Gasteiger partial charge is 0.486 e. The Hall–Kier alpha value is -2.96. The maximum absolute atomic E-state index is 13.5. The summed E-state index contributed by atoms with van der Waals surface area (Å²) in [5, 5.41) is 8.83. The summed E-state index contributed by atoms with van der Waals surface area (Å²) in [6.07, 6.45) is 0. The number of nitrogens with two attached hydrogens (primary N) is 1. The number of halogens is 1. The van der Waals surface area contributed by atoms with Crippen molar-refractivity contribution in [2.45, 2.75) is 6.61 Å². The van der Waals surface area contributed by atoms with E-state index in [2.05, 4.69) is 4.98 Å². The lowest BCUT2D eigenvalue weighted by molar-refractivity contribution is 0.0689. The van der Waals surface area contributed by atoms with Gasteiger partial charge >= 0.3 is 5.97 Å². The predicted octanol–water partition coefficient (Wildman–Crippen LogP) is 1.60. The zero-order valence-electron chi connectivity index (χ0n) is 10.7. The molecule has 0 radical (unpaired) electrons. The van der Waals surface area contributed by atoms with Crippen LogP contribution < -0.4 is 10.5 Å². The molecular weight excluding hydrogens is 279 g/mol. The van der Waals surface area contributed by atoms with E-state index >= 15 is 0 Å². The van der Waals surface area contributed by atoms with Crippen LogP contribution in [-0.2, 0) is 6.61 Å². The average Bonchev–Trinajstić information content (AvgIpc) is 2.45. The van der Waals surface area contributed by atoms with E-state index in [1.165, 1.54) is 24.3 Å². The second-order valence-electron chi connectivity index (χ2n) is 4.09. The Labute approximate surface area is 119 Å². The molecule has 0 spiro atoms. The Kier molecular flexibility index (Phi) is 4.13. The molecule has 2 aromatic rings. The van der Waals surface area contributed by atoms with Crippen LogP contribution in [0.4, 0.5) is 4.39 Å². The molecule has 0 bridgehead atoms. The summed E-state index contributed by atoms with van der Waals surface area (Å²) < 4.78 is 18.8. The van der Waals surface area contributed by atoms with Crippen molar-refractivity contribution in [3.63, 3.8) is 0 Å². The number of aromatic nitrogens is 1. The fourth-order valence-corrected chi connectivity index (χ4v) is 1.69. The topological polar surface area (TPSA) is 103 Å². The summed E-state index contributed by atoms with van der Waals surface area (Å²) in [5.41, 5.74) is 4.94. The molecular formula is C14H11FN2O4. The van der Waals surface area contributed by atoms with Gasteiger partial charge in [0.25, 0.3) is 5.91 Å². The molecule has 0 saturated heterocycles. The van der Waals surface area contributed by atoms with Crippen molar-refractivity contribution in [1.29, 1.82) is 0 Å². The molecule has 2 rings (SSSR count).